The lowest BCUT2D eigenvalue weighted by Crippen LogP contribution is -2.65. The van der Waals surface area contributed by atoms with Gasteiger partial charge in [0.05, 0.1) is 40.8 Å². The molecule has 0 aliphatic carbocycles. The van der Waals surface area contributed by atoms with Gasteiger partial charge < -0.3 is 34.1 Å². The summed E-state index contributed by atoms with van der Waals surface area (Å²) < 4.78 is 27.7. The smallest absolute Gasteiger partial charge is 0.324 e. The van der Waals surface area contributed by atoms with Crippen LogP contribution in [0.25, 0.3) is 33.4 Å². The maximum Gasteiger partial charge on any atom is 0.324 e. The standard InChI is InChI=1S/C48H62FN9O7S.4H2S/c1-11-57-38-17-16-30-20-33(38)34(42(57)32-14-12-18-50-40(32)29(5)64-10)22-48(6,7)26-65-46(62)35-15-13-19-58(53-35)45(61)36(21-39-51-37(30)25-66-39)52-43(59)41(27(2)3)55(9)47(63)54(8)31-23-56(24-31)44(60)28(4)49;;;;/h12,14,16-18,20,25,27,29,31,35-36,41,53H,4,11,13,15,19,21-24,26H2,1-3,5-10H3,(H,52,59);4*1H2/t29-,35-,36-,41-;;;;/m0..../s1. The molecule has 4 aromatic rings. The van der Waals surface area contributed by atoms with Crippen LogP contribution >= 0.6 is 65.3 Å². The molecule has 386 valence electrons. The number of halogens is 1. The zero-order chi connectivity index (χ0) is 47.8. The molecule has 2 N–H and O–H groups in total. The van der Waals surface area contributed by atoms with E-state index < -0.39 is 65.1 Å². The molecule has 4 atom stereocenters. The lowest BCUT2D eigenvalue weighted by molar-refractivity contribution is -0.155. The third kappa shape index (κ3) is 12.5. The number of fused-ring (bicyclic) bond motifs is 6. The molecule has 3 aliphatic heterocycles. The first kappa shape index (κ1) is 60.0. The molecule has 70 heavy (non-hydrogen) atoms. The van der Waals surface area contributed by atoms with E-state index in [0.717, 1.165) is 39.0 Å². The Morgan fingerprint density at radius 3 is 2.44 bits per heavy atom. The normalized spacial score (nSPS) is 18.8. The summed E-state index contributed by atoms with van der Waals surface area (Å²) in [4.78, 5) is 82.6. The molecule has 0 unspecified atom stereocenters. The van der Waals surface area contributed by atoms with Crippen LogP contribution in [-0.2, 0) is 48.0 Å². The minimum Gasteiger partial charge on any atom is -0.464 e. The second-order valence-corrected chi connectivity index (χ2v) is 19.7. The number of methoxy groups -OCH3 is 1. The SMILES string of the molecule is C=C(F)C(=O)N1CC(N(C)C(=O)N(C)[C@H](C(=O)N[C@H]2Cc3nc(cs3)-c3ccc4c(c3)c(c(-c3cccnc3[C@H](C)OC)n4CC)CC(C)(C)COC(=O)[C@@H]3CCCN(N3)C2=O)C(C)C)C1.S.S.S.S. The van der Waals surface area contributed by atoms with E-state index >= 15 is 0 Å². The Labute approximate surface area is 442 Å². The number of benzene rings is 1. The average Bonchev–Trinajstić information content (AvgIpc) is 3.87. The number of carbonyl (C=O) groups excluding carboxylic acids is 5. The monoisotopic (exact) mass is 1060 g/mol. The predicted octanol–water partition coefficient (Wildman–Crippen LogP) is 6.36. The van der Waals surface area contributed by atoms with Gasteiger partial charge in [-0.2, -0.15) is 54.0 Å². The number of likely N-dealkylation sites (N-methyl/N-ethyl adjacent to an activating group) is 2. The fourth-order valence-electron chi connectivity index (χ4n) is 9.31. The van der Waals surface area contributed by atoms with Gasteiger partial charge in [0.25, 0.3) is 11.8 Å². The number of thiazole rings is 1. The molecule has 0 saturated carbocycles. The fraction of sp³-hybridized carbons (Fsp3) is 0.521. The number of hydrogen-bond donors (Lipinski definition) is 2. The molecule has 3 aromatic heterocycles. The van der Waals surface area contributed by atoms with Crippen molar-refractivity contribution in [2.24, 2.45) is 11.3 Å². The molecule has 0 radical (unpaired) electrons. The number of esters is 1. The van der Waals surface area contributed by atoms with E-state index in [0.29, 0.717) is 36.5 Å². The lowest BCUT2D eigenvalue weighted by Gasteiger charge is -2.45. The van der Waals surface area contributed by atoms with Gasteiger partial charge in [-0.25, -0.2) is 19.6 Å². The number of aryl methyl sites for hydroxylation is 1. The van der Waals surface area contributed by atoms with Crippen LogP contribution in [0.5, 0.6) is 0 Å². The number of pyridine rings is 1. The van der Waals surface area contributed by atoms with E-state index in [4.69, 9.17) is 19.4 Å². The van der Waals surface area contributed by atoms with E-state index in [9.17, 15) is 28.4 Å². The van der Waals surface area contributed by atoms with Crippen LogP contribution in [0.15, 0.2) is 54.3 Å². The third-order valence-corrected chi connectivity index (χ3v) is 13.9. The minimum absolute atomic E-state index is 0. The van der Waals surface area contributed by atoms with Gasteiger partial charge >= 0.3 is 12.0 Å². The van der Waals surface area contributed by atoms with Gasteiger partial charge in [0.2, 0.25) is 5.91 Å². The van der Waals surface area contributed by atoms with Gasteiger partial charge in [-0.3, -0.25) is 29.2 Å². The van der Waals surface area contributed by atoms with Crippen molar-refractivity contribution in [1.29, 1.82) is 0 Å². The van der Waals surface area contributed by atoms with Crippen molar-refractivity contribution >= 4 is 106 Å². The quantitative estimate of drug-likeness (QED) is 0.135. The van der Waals surface area contributed by atoms with E-state index in [-0.39, 0.29) is 98.7 Å². The molecule has 22 heteroatoms. The number of carbonyl (C=O) groups is 5. The van der Waals surface area contributed by atoms with Gasteiger partial charge in [0, 0.05) is 92.8 Å². The molecular weight excluding hydrogens is 994 g/mol. The highest BCUT2D eigenvalue weighted by atomic mass is 32.1. The summed E-state index contributed by atoms with van der Waals surface area (Å²) in [5.74, 6) is -3.76. The van der Waals surface area contributed by atoms with E-state index in [2.05, 4.69) is 60.9 Å². The zero-order valence-electron chi connectivity index (χ0n) is 41.4. The highest BCUT2D eigenvalue weighted by Gasteiger charge is 2.41. The number of hydrazine groups is 1. The van der Waals surface area contributed by atoms with Gasteiger partial charge in [0.1, 0.15) is 18.1 Å². The van der Waals surface area contributed by atoms with Crippen LogP contribution in [0.1, 0.15) is 76.8 Å². The second-order valence-electron chi connectivity index (χ2n) is 18.7. The van der Waals surface area contributed by atoms with Crippen molar-refractivity contribution in [3.63, 3.8) is 0 Å². The number of rotatable bonds is 10. The highest BCUT2D eigenvalue weighted by Crippen LogP contribution is 2.42. The molecular formula is C48H70FN9O7S5. The summed E-state index contributed by atoms with van der Waals surface area (Å²) >= 11 is 1.38. The van der Waals surface area contributed by atoms with E-state index in [1.165, 1.54) is 38.1 Å². The summed E-state index contributed by atoms with van der Waals surface area (Å²) in [6.45, 7) is 16.3. The van der Waals surface area contributed by atoms with Gasteiger partial charge in [-0.15, -0.1) is 11.3 Å². The highest BCUT2D eigenvalue weighted by molar-refractivity contribution is 7.59. The number of amides is 5. The first-order chi connectivity index (χ1) is 31.3. The number of likely N-dealkylation sites (tertiary alicyclic amines) is 1. The Kier molecular flexibility index (Phi) is 21.3. The van der Waals surface area contributed by atoms with E-state index in [1.807, 2.05) is 38.3 Å². The van der Waals surface area contributed by atoms with Gasteiger partial charge in [-0.05, 0) is 68.9 Å². The van der Waals surface area contributed by atoms with Crippen LogP contribution < -0.4 is 10.7 Å². The number of nitrogens with zero attached hydrogens (tertiary/aromatic N) is 7. The van der Waals surface area contributed by atoms with Crippen LogP contribution in [-0.4, -0.2) is 136 Å². The zero-order valence-corrected chi connectivity index (χ0v) is 46.2. The van der Waals surface area contributed by atoms with Crippen LogP contribution in [0.4, 0.5) is 9.18 Å². The summed E-state index contributed by atoms with van der Waals surface area (Å²) in [5, 5.41) is 7.95. The first-order valence-electron chi connectivity index (χ1n) is 22.6. The van der Waals surface area contributed by atoms with Crippen molar-refractivity contribution in [2.45, 2.75) is 104 Å². The van der Waals surface area contributed by atoms with Crippen molar-refractivity contribution in [3.8, 4) is 22.5 Å². The number of nitrogens with one attached hydrogen (secondary N) is 2. The third-order valence-electron chi connectivity index (χ3n) is 13.0. The Bertz CT molecular complexity index is 2530. The number of aromatic nitrogens is 3. The molecule has 7 rings (SSSR count). The molecule has 2 saturated heterocycles. The Morgan fingerprint density at radius 1 is 1.10 bits per heavy atom. The van der Waals surface area contributed by atoms with Crippen LogP contribution in [0.3, 0.4) is 0 Å². The Balaban J connectivity index is 0.00000324. The predicted molar refractivity (Wildman–Crippen MR) is 291 cm³/mol. The summed E-state index contributed by atoms with van der Waals surface area (Å²) in [6.07, 6.45) is 3.07. The average molecular weight is 1060 g/mol. The largest absolute Gasteiger partial charge is 0.464 e. The molecule has 6 bridgehead atoms. The van der Waals surface area contributed by atoms with Crippen LogP contribution in [0, 0.1) is 11.3 Å². The van der Waals surface area contributed by atoms with Crippen molar-refractivity contribution in [2.75, 3.05) is 47.4 Å². The van der Waals surface area contributed by atoms with Crippen molar-refractivity contribution in [1.82, 2.24) is 45.0 Å². The topological polar surface area (TPSA) is 172 Å². The second kappa shape index (κ2) is 24.9. The minimum atomic E-state index is -1.13. The molecule has 1 aromatic carbocycles. The van der Waals surface area contributed by atoms with Crippen molar-refractivity contribution in [3.05, 3.63) is 70.6 Å². The maximum atomic E-state index is 14.6. The molecule has 3 aliphatic rings. The maximum absolute atomic E-state index is 14.6. The molecule has 0 spiro atoms. The van der Waals surface area contributed by atoms with E-state index in [1.54, 1.807) is 20.4 Å². The molecule has 6 heterocycles. The number of hydrogen-bond acceptors (Lipinski definition) is 11. The number of ether oxygens (including phenoxy) is 2. The summed E-state index contributed by atoms with van der Waals surface area (Å²) in [7, 11) is 4.76. The molecule has 2 fully saturated rings. The van der Waals surface area contributed by atoms with Crippen molar-refractivity contribution < 1.29 is 37.8 Å². The fourth-order valence-corrected chi connectivity index (χ4v) is 10.2. The molecule has 5 amide bonds. The van der Waals surface area contributed by atoms with Gasteiger partial charge in [0.15, 0.2) is 5.83 Å². The summed E-state index contributed by atoms with van der Waals surface area (Å²) in [6, 6.07) is 6.52. The summed E-state index contributed by atoms with van der Waals surface area (Å²) in [5.41, 5.74) is 9.10. The van der Waals surface area contributed by atoms with Gasteiger partial charge in [-0.1, -0.05) is 40.3 Å². The number of cyclic esters (lactones) is 1. The Morgan fingerprint density at radius 2 is 1.80 bits per heavy atom. The number of urea groups is 1. The van der Waals surface area contributed by atoms with Crippen LogP contribution in [0.2, 0.25) is 0 Å². The lowest BCUT2D eigenvalue weighted by atomic mass is 9.84. The Hall–Kier alpha value is -4.32. The molecule has 16 nitrogen and oxygen atoms in total. The first-order valence-corrected chi connectivity index (χ1v) is 23.5.